The smallest absolute Gasteiger partial charge is 0.320 e. The van der Waals surface area contributed by atoms with E-state index >= 15 is 0 Å². The van der Waals surface area contributed by atoms with Crippen LogP contribution >= 0.6 is 11.6 Å². The van der Waals surface area contributed by atoms with Crippen molar-refractivity contribution in [3.63, 3.8) is 0 Å². The molecule has 4 rings (SSSR count). The van der Waals surface area contributed by atoms with Gasteiger partial charge in [0.05, 0.1) is 12.1 Å². The van der Waals surface area contributed by atoms with Crippen molar-refractivity contribution in [2.24, 2.45) is 0 Å². The van der Waals surface area contributed by atoms with Gasteiger partial charge >= 0.3 is 5.97 Å². The lowest BCUT2D eigenvalue weighted by Crippen LogP contribution is -2.37. The summed E-state index contributed by atoms with van der Waals surface area (Å²) in [5, 5.41) is 0.556. The first-order chi connectivity index (χ1) is 13.5. The van der Waals surface area contributed by atoms with Crippen LogP contribution in [0, 0.1) is 12.7 Å². The summed E-state index contributed by atoms with van der Waals surface area (Å²) in [6.07, 6.45) is 2.65. The van der Waals surface area contributed by atoms with Gasteiger partial charge in [-0.25, -0.2) is 14.4 Å². The number of nitrogens with zero attached hydrogens (tertiary/aromatic N) is 2. The van der Waals surface area contributed by atoms with Crippen LogP contribution < -0.4 is 0 Å². The van der Waals surface area contributed by atoms with E-state index in [0.717, 1.165) is 11.3 Å². The Morgan fingerprint density at radius 2 is 1.96 bits per heavy atom. The number of halogens is 2. The van der Waals surface area contributed by atoms with Crippen LogP contribution in [0.25, 0.3) is 11.4 Å². The molecule has 0 spiro atoms. The van der Waals surface area contributed by atoms with E-state index in [1.54, 1.807) is 31.3 Å². The standard InChI is InChI=1S/C22H18ClFN2O2/c1-13-15(7-5-9-18(13)24)22(21(27)28-2)11-10-19-16(22)12-25-20(26-19)14-6-3-4-8-17(14)23/h3-9,12H,10-11H2,1-2H3. The van der Waals surface area contributed by atoms with Gasteiger partial charge < -0.3 is 4.74 Å². The average molecular weight is 397 g/mol. The van der Waals surface area contributed by atoms with Crippen LogP contribution in [-0.4, -0.2) is 23.0 Å². The highest BCUT2D eigenvalue weighted by atomic mass is 35.5. The Bertz CT molecular complexity index is 1090. The summed E-state index contributed by atoms with van der Waals surface area (Å²) < 4.78 is 19.4. The number of benzene rings is 2. The van der Waals surface area contributed by atoms with Crippen LogP contribution in [0.15, 0.2) is 48.7 Å². The zero-order valence-electron chi connectivity index (χ0n) is 15.5. The van der Waals surface area contributed by atoms with Gasteiger partial charge in [-0.1, -0.05) is 35.9 Å². The van der Waals surface area contributed by atoms with Gasteiger partial charge in [0.25, 0.3) is 0 Å². The number of hydrogen-bond acceptors (Lipinski definition) is 4. The summed E-state index contributed by atoms with van der Waals surface area (Å²) in [5.74, 6) is -0.294. The van der Waals surface area contributed by atoms with E-state index in [0.29, 0.717) is 40.4 Å². The van der Waals surface area contributed by atoms with Crippen molar-refractivity contribution in [2.75, 3.05) is 7.11 Å². The quantitative estimate of drug-likeness (QED) is 0.605. The lowest BCUT2D eigenvalue weighted by Gasteiger charge is -2.29. The van der Waals surface area contributed by atoms with Crippen molar-refractivity contribution < 1.29 is 13.9 Å². The van der Waals surface area contributed by atoms with Gasteiger partial charge in [0, 0.05) is 23.0 Å². The third-order valence-electron chi connectivity index (χ3n) is 5.44. The van der Waals surface area contributed by atoms with E-state index in [2.05, 4.69) is 9.97 Å². The summed E-state index contributed by atoms with van der Waals surface area (Å²) >= 11 is 6.28. The maximum absolute atomic E-state index is 14.3. The van der Waals surface area contributed by atoms with E-state index in [1.807, 2.05) is 18.2 Å². The predicted octanol–water partition coefficient (Wildman–Crippen LogP) is 4.65. The van der Waals surface area contributed by atoms with E-state index < -0.39 is 11.4 Å². The second kappa shape index (κ2) is 6.99. The Balaban J connectivity index is 1.91. The number of fused-ring (bicyclic) bond motifs is 1. The molecule has 6 heteroatoms. The number of esters is 1. The lowest BCUT2D eigenvalue weighted by molar-refractivity contribution is -0.145. The summed E-state index contributed by atoms with van der Waals surface area (Å²) in [7, 11) is 1.34. The Morgan fingerprint density at radius 3 is 2.71 bits per heavy atom. The molecule has 4 nitrogen and oxygen atoms in total. The molecule has 2 aromatic carbocycles. The van der Waals surface area contributed by atoms with Crippen molar-refractivity contribution in [1.29, 1.82) is 0 Å². The van der Waals surface area contributed by atoms with Gasteiger partial charge in [-0.2, -0.15) is 0 Å². The van der Waals surface area contributed by atoms with Crippen LogP contribution in [0.2, 0.25) is 5.02 Å². The highest BCUT2D eigenvalue weighted by molar-refractivity contribution is 6.33. The zero-order valence-corrected chi connectivity index (χ0v) is 16.3. The minimum absolute atomic E-state index is 0.358. The van der Waals surface area contributed by atoms with Crippen LogP contribution in [0.5, 0.6) is 0 Å². The minimum atomic E-state index is -1.12. The normalized spacial score (nSPS) is 18.0. The van der Waals surface area contributed by atoms with E-state index in [9.17, 15) is 9.18 Å². The van der Waals surface area contributed by atoms with Crippen LogP contribution in [-0.2, 0) is 21.4 Å². The second-order valence-corrected chi connectivity index (χ2v) is 7.25. The largest absolute Gasteiger partial charge is 0.468 e. The van der Waals surface area contributed by atoms with Gasteiger partial charge in [0.1, 0.15) is 11.2 Å². The van der Waals surface area contributed by atoms with Crippen LogP contribution in [0.1, 0.15) is 28.8 Å². The SMILES string of the molecule is COC(=O)C1(c2cccc(F)c2C)CCc2nc(-c3ccccc3Cl)ncc21. The molecule has 0 radical (unpaired) electrons. The third-order valence-corrected chi connectivity index (χ3v) is 5.77. The number of hydrogen-bond donors (Lipinski definition) is 0. The monoisotopic (exact) mass is 396 g/mol. The minimum Gasteiger partial charge on any atom is -0.468 e. The van der Waals surface area contributed by atoms with Gasteiger partial charge in [-0.3, -0.25) is 4.79 Å². The molecule has 0 saturated heterocycles. The molecular formula is C22H18ClFN2O2. The van der Waals surface area contributed by atoms with Crippen molar-refractivity contribution in [2.45, 2.75) is 25.2 Å². The molecule has 0 fully saturated rings. The Morgan fingerprint density at radius 1 is 1.18 bits per heavy atom. The second-order valence-electron chi connectivity index (χ2n) is 6.84. The lowest BCUT2D eigenvalue weighted by atomic mass is 9.74. The third kappa shape index (κ3) is 2.69. The molecule has 0 aliphatic heterocycles. The fourth-order valence-electron chi connectivity index (χ4n) is 4.02. The van der Waals surface area contributed by atoms with Crippen molar-refractivity contribution in [1.82, 2.24) is 9.97 Å². The molecule has 0 bridgehead atoms. The van der Waals surface area contributed by atoms with E-state index in [4.69, 9.17) is 16.3 Å². The molecule has 1 atom stereocenters. The molecule has 0 saturated carbocycles. The fraction of sp³-hybridized carbons (Fsp3) is 0.227. The first kappa shape index (κ1) is 18.6. The number of ether oxygens (including phenoxy) is 1. The molecule has 0 amide bonds. The number of aromatic nitrogens is 2. The van der Waals surface area contributed by atoms with E-state index in [1.165, 1.54) is 13.2 Å². The maximum atomic E-state index is 14.3. The van der Waals surface area contributed by atoms with Crippen molar-refractivity contribution in [3.05, 3.63) is 81.9 Å². The van der Waals surface area contributed by atoms with Crippen LogP contribution in [0.4, 0.5) is 4.39 Å². The molecule has 3 aromatic rings. The molecule has 28 heavy (non-hydrogen) atoms. The van der Waals surface area contributed by atoms with Crippen LogP contribution in [0.3, 0.4) is 0 Å². The Labute approximate surface area is 167 Å². The molecule has 1 aliphatic rings. The molecule has 0 N–H and O–H groups in total. The number of carbonyl (C=O) groups is 1. The van der Waals surface area contributed by atoms with Gasteiger partial charge in [0.15, 0.2) is 5.82 Å². The highest BCUT2D eigenvalue weighted by Gasteiger charge is 2.50. The molecule has 142 valence electrons. The number of methoxy groups -OCH3 is 1. The summed E-state index contributed by atoms with van der Waals surface area (Å²) in [6.45, 7) is 1.67. The summed E-state index contributed by atoms with van der Waals surface area (Å²) in [4.78, 5) is 22.1. The first-order valence-electron chi connectivity index (χ1n) is 8.94. The van der Waals surface area contributed by atoms with Gasteiger partial charge in [-0.15, -0.1) is 0 Å². The topological polar surface area (TPSA) is 52.1 Å². The average Bonchev–Trinajstić information content (AvgIpc) is 3.09. The Hall–Kier alpha value is -2.79. The number of aryl methyl sites for hydroxylation is 1. The van der Waals surface area contributed by atoms with E-state index in [-0.39, 0.29) is 5.82 Å². The number of carbonyl (C=O) groups excluding carboxylic acids is 1. The summed E-state index contributed by atoms with van der Waals surface area (Å²) in [6, 6.07) is 12.1. The fourth-order valence-corrected chi connectivity index (χ4v) is 4.24. The first-order valence-corrected chi connectivity index (χ1v) is 9.32. The van der Waals surface area contributed by atoms with Gasteiger partial charge in [0.2, 0.25) is 0 Å². The van der Waals surface area contributed by atoms with Crippen molar-refractivity contribution in [3.8, 4) is 11.4 Å². The maximum Gasteiger partial charge on any atom is 0.320 e. The zero-order chi connectivity index (χ0) is 19.9. The molecular weight excluding hydrogens is 379 g/mol. The molecule has 1 aliphatic carbocycles. The molecule has 1 heterocycles. The highest BCUT2D eigenvalue weighted by Crippen LogP contribution is 2.46. The summed E-state index contributed by atoms with van der Waals surface area (Å²) in [5.41, 5.74) is 2.03. The van der Waals surface area contributed by atoms with Gasteiger partial charge in [-0.05, 0) is 49.1 Å². The van der Waals surface area contributed by atoms with Crippen molar-refractivity contribution >= 4 is 17.6 Å². The Kier molecular flexibility index (Phi) is 4.63. The molecule has 1 unspecified atom stereocenters. The number of rotatable bonds is 3. The molecule has 1 aromatic heterocycles. The predicted molar refractivity (Wildman–Crippen MR) is 105 cm³/mol.